The highest BCUT2D eigenvalue weighted by atomic mass is 19.3. The van der Waals surface area contributed by atoms with E-state index in [4.69, 9.17) is 10.7 Å². The van der Waals surface area contributed by atoms with E-state index in [0.29, 0.717) is 23.7 Å². The Kier molecular flexibility index (Phi) is 5.86. The monoisotopic (exact) mass is 508 g/mol. The summed E-state index contributed by atoms with van der Waals surface area (Å²) >= 11 is 0. The number of alkyl halides is 2. The van der Waals surface area contributed by atoms with Crippen molar-refractivity contribution in [2.24, 2.45) is 18.7 Å². The average molecular weight is 509 g/mol. The Hall–Kier alpha value is -3.53. The maximum Gasteiger partial charge on any atom is 0.388 e. The normalized spacial score (nSPS) is 20.3. The van der Waals surface area contributed by atoms with Crippen molar-refractivity contribution in [2.45, 2.75) is 57.8 Å². The number of nitrogens with zero attached hydrogens (tertiary/aromatic N) is 5. The molecule has 1 saturated carbocycles. The first kappa shape index (κ1) is 23.8. The van der Waals surface area contributed by atoms with Crippen LogP contribution in [0.25, 0.3) is 33.6 Å². The van der Waals surface area contributed by atoms with Gasteiger partial charge in [-0.2, -0.15) is 13.8 Å². The van der Waals surface area contributed by atoms with Crippen molar-refractivity contribution in [3.63, 3.8) is 0 Å². The molecule has 0 spiro atoms. The summed E-state index contributed by atoms with van der Waals surface area (Å²) in [6.45, 7) is 0.406. The molecule has 37 heavy (non-hydrogen) atoms. The third-order valence-corrected chi connectivity index (χ3v) is 7.60. The number of rotatable bonds is 6. The molecule has 2 aliphatic rings. The van der Waals surface area contributed by atoms with Crippen molar-refractivity contribution in [1.29, 1.82) is 0 Å². The number of halogens is 2. The second kappa shape index (κ2) is 9.09. The fraction of sp³-hybridized carbons (Fsp3) is 0.444. The van der Waals surface area contributed by atoms with Crippen LogP contribution in [0.3, 0.4) is 0 Å². The number of fused-ring (bicyclic) bond motifs is 2. The number of likely N-dealkylation sites (tertiary alicyclic amines) is 1. The van der Waals surface area contributed by atoms with E-state index >= 15 is 0 Å². The Labute approximate surface area is 213 Å². The van der Waals surface area contributed by atoms with Crippen LogP contribution >= 0.6 is 0 Å². The lowest BCUT2D eigenvalue weighted by atomic mass is 9.99. The molecule has 3 aromatic heterocycles. The summed E-state index contributed by atoms with van der Waals surface area (Å²) in [7, 11) is 1.94. The lowest BCUT2D eigenvalue weighted by Crippen LogP contribution is -2.50. The number of hydrogen-bond acceptors (Lipinski definition) is 5. The van der Waals surface area contributed by atoms with Gasteiger partial charge >= 0.3 is 6.61 Å². The van der Waals surface area contributed by atoms with Crippen LogP contribution in [0.15, 0.2) is 36.4 Å². The first-order chi connectivity index (χ1) is 17.8. The minimum absolute atomic E-state index is 0.000982. The number of nitrogens with two attached hydrogens (primary N) is 1. The van der Waals surface area contributed by atoms with Crippen molar-refractivity contribution < 1.29 is 18.3 Å². The Morgan fingerprint density at radius 3 is 2.70 bits per heavy atom. The summed E-state index contributed by atoms with van der Waals surface area (Å²) in [5.41, 5.74) is 9.79. The van der Waals surface area contributed by atoms with Crippen LogP contribution in [0.4, 0.5) is 8.78 Å². The molecule has 4 heterocycles. The first-order valence-corrected chi connectivity index (χ1v) is 12.8. The first-order valence-electron chi connectivity index (χ1n) is 12.8. The van der Waals surface area contributed by atoms with Crippen LogP contribution in [0.5, 0.6) is 5.88 Å². The molecule has 8 nitrogen and oxygen atoms in total. The molecule has 6 rings (SSSR count). The fourth-order valence-corrected chi connectivity index (χ4v) is 5.34. The van der Waals surface area contributed by atoms with Gasteiger partial charge in [-0.25, -0.2) is 4.98 Å². The molecule has 1 aromatic carbocycles. The molecule has 1 aliphatic carbocycles. The Morgan fingerprint density at radius 1 is 1.14 bits per heavy atom. The van der Waals surface area contributed by atoms with Gasteiger partial charge in [0.15, 0.2) is 5.82 Å². The van der Waals surface area contributed by atoms with Gasteiger partial charge in [-0.05, 0) is 68.9 Å². The van der Waals surface area contributed by atoms with Crippen molar-refractivity contribution in [3.8, 4) is 17.4 Å². The van der Waals surface area contributed by atoms with Gasteiger partial charge in [0, 0.05) is 49.2 Å². The molecule has 0 radical (unpaired) electrons. The smallest absolute Gasteiger partial charge is 0.388 e. The predicted molar refractivity (Wildman–Crippen MR) is 137 cm³/mol. The summed E-state index contributed by atoms with van der Waals surface area (Å²) in [5, 5.41) is 0.829. The lowest BCUT2D eigenvalue weighted by Gasteiger charge is -2.36. The van der Waals surface area contributed by atoms with E-state index < -0.39 is 6.61 Å². The van der Waals surface area contributed by atoms with E-state index in [2.05, 4.69) is 21.2 Å². The molecular weight excluding hydrogens is 478 g/mol. The fourth-order valence-electron chi connectivity index (χ4n) is 5.34. The summed E-state index contributed by atoms with van der Waals surface area (Å²) in [5.74, 6) is 1.11. The average Bonchev–Trinajstić information content (AvgIpc) is 3.55. The van der Waals surface area contributed by atoms with Gasteiger partial charge in [0.2, 0.25) is 5.88 Å². The lowest BCUT2D eigenvalue weighted by molar-refractivity contribution is -0.0526. The minimum Gasteiger partial charge on any atom is -0.417 e. The summed E-state index contributed by atoms with van der Waals surface area (Å²) in [6, 6.07) is 10.9. The zero-order valence-corrected chi connectivity index (χ0v) is 20.9. The van der Waals surface area contributed by atoms with Gasteiger partial charge in [0.1, 0.15) is 5.65 Å². The van der Waals surface area contributed by atoms with Gasteiger partial charge in [0.05, 0.1) is 16.7 Å². The van der Waals surface area contributed by atoms with Gasteiger partial charge in [0.25, 0.3) is 5.91 Å². The highest BCUT2D eigenvalue weighted by molar-refractivity contribution is 5.98. The van der Waals surface area contributed by atoms with Crippen LogP contribution in [-0.4, -0.2) is 55.1 Å². The molecule has 1 amide bonds. The molecule has 0 unspecified atom stereocenters. The zero-order chi connectivity index (χ0) is 25.8. The van der Waals surface area contributed by atoms with E-state index in [1.807, 2.05) is 40.8 Å². The molecule has 1 saturated heterocycles. The second-order valence-corrected chi connectivity index (χ2v) is 10.4. The molecule has 4 aromatic rings. The predicted octanol–water partition coefficient (Wildman–Crippen LogP) is 4.55. The quantitative estimate of drug-likeness (QED) is 0.413. The van der Waals surface area contributed by atoms with Gasteiger partial charge in [-0.15, -0.1) is 0 Å². The van der Waals surface area contributed by atoms with Gasteiger partial charge < -0.3 is 24.5 Å². The molecule has 2 N–H and O–H groups in total. The number of aromatic nitrogens is 4. The van der Waals surface area contributed by atoms with Gasteiger partial charge in [-0.1, -0.05) is 0 Å². The molecule has 1 aliphatic heterocycles. The van der Waals surface area contributed by atoms with Crippen LogP contribution < -0.4 is 10.5 Å². The minimum atomic E-state index is -2.93. The number of pyridine rings is 1. The largest absolute Gasteiger partial charge is 0.417 e. The SMILES string of the molecule is C[C@H]1CC[C@@H](N)CN1C(=O)c1ccc2c(c1)nc(-c1cc3ccc(OC(F)F)nc3n1CC1CC1)n2C. The topological polar surface area (TPSA) is 91.2 Å². The molecular formula is C27H30F2N6O2. The van der Waals surface area contributed by atoms with Crippen molar-refractivity contribution >= 4 is 28.0 Å². The number of piperidine rings is 1. The highest BCUT2D eigenvalue weighted by Crippen LogP contribution is 2.36. The number of amides is 1. The Balaban J connectivity index is 1.41. The molecule has 2 atom stereocenters. The summed E-state index contributed by atoms with van der Waals surface area (Å²) < 4.78 is 34.2. The number of carbonyl (C=O) groups excluding carboxylic acids is 1. The third kappa shape index (κ3) is 4.43. The number of benzene rings is 1. The van der Waals surface area contributed by atoms with E-state index in [1.165, 1.54) is 6.07 Å². The highest BCUT2D eigenvalue weighted by Gasteiger charge is 2.29. The number of hydrogen-bond donors (Lipinski definition) is 1. The number of imidazole rings is 1. The second-order valence-electron chi connectivity index (χ2n) is 10.4. The standard InChI is InChI=1S/C27H30F2N6O2/c1-15-3-8-19(30)14-34(15)26(36)18-6-9-21-20(11-18)31-25(33(21)2)22-12-17-7-10-23(37-27(28)29)32-24(17)35(22)13-16-4-5-16/h6-7,9-12,15-16,19,27H,3-5,8,13-14,30H2,1-2H3/t15-,19+/m0/s1. The Morgan fingerprint density at radius 2 is 1.95 bits per heavy atom. The molecule has 2 fully saturated rings. The van der Waals surface area contributed by atoms with Crippen LogP contribution in [0.1, 0.15) is 43.0 Å². The van der Waals surface area contributed by atoms with Crippen LogP contribution in [0, 0.1) is 5.92 Å². The van der Waals surface area contributed by atoms with Crippen molar-refractivity contribution in [2.75, 3.05) is 6.54 Å². The Bertz CT molecular complexity index is 1490. The van der Waals surface area contributed by atoms with Crippen LogP contribution in [-0.2, 0) is 13.6 Å². The molecule has 0 bridgehead atoms. The van der Waals surface area contributed by atoms with E-state index in [1.54, 1.807) is 6.07 Å². The summed E-state index contributed by atoms with van der Waals surface area (Å²) in [6.07, 6.45) is 4.07. The number of aryl methyl sites for hydroxylation is 1. The number of carbonyl (C=O) groups is 1. The summed E-state index contributed by atoms with van der Waals surface area (Å²) in [4.78, 5) is 24.5. The maximum atomic E-state index is 13.3. The van der Waals surface area contributed by atoms with Crippen LogP contribution in [0.2, 0.25) is 0 Å². The van der Waals surface area contributed by atoms with E-state index in [-0.39, 0.29) is 23.9 Å². The number of ether oxygens (including phenoxy) is 1. The molecule has 194 valence electrons. The van der Waals surface area contributed by atoms with Gasteiger partial charge in [-0.3, -0.25) is 4.79 Å². The third-order valence-electron chi connectivity index (χ3n) is 7.60. The molecule has 10 heteroatoms. The van der Waals surface area contributed by atoms with E-state index in [0.717, 1.165) is 60.2 Å². The van der Waals surface area contributed by atoms with Crippen molar-refractivity contribution in [3.05, 3.63) is 42.0 Å². The van der Waals surface area contributed by atoms with Crippen molar-refractivity contribution in [1.82, 2.24) is 24.0 Å². The van der Waals surface area contributed by atoms with E-state index in [9.17, 15) is 13.6 Å². The zero-order valence-electron chi connectivity index (χ0n) is 20.9. The maximum absolute atomic E-state index is 13.3.